The Morgan fingerprint density at radius 3 is 2.50 bits per heavy atom. The number of amides is 4. The summed E-state index contributed by atoms with van der Waals surface area (Å²) in [4.78, 5) is 37.7. The first kappa shape index (κ1) is 23.1. The van der Waals surface area contributed by atoms with Crippen molar-refractivity contribution in [2.75, 3.05) is 19.7 Å². The van der Waals surface area contributed by atoms with Crippen molar-refractivity contribution in [3.63, 3.8) is 0 Å². The average Bonchev–Trinajstić information content (AvgIpc) is 2.98. The van der Waals surface area contributed by atoms with Crippen molar-refractivity contribution in [2.45, 2.75) is 31.5 Å². The van der Waals surface area contributed by atoms with Crippen LogP contribution >= 0.6 is 0 Å². The molecule has 9 nitrogen and oxygen atoms in total. The van der Waals surface area contributed by atoms with Crippen LogP contribution in [-0.2, 0) is 11.3 Å². The van der Waals surface area contributed by atoms with Gasteiger partial charge < -0.3 is 31.1 Å². The molecule has 9 heteroatoms. The van der Waals surface area contributed by atoms with Crippen LogP contribution in [0.1, 0.15) is 28.8 Å². The van der Waals surface area contributed by atoms with Gasteiger partial charge in [0.25, 0.3) is 11.8 Å². The molecule has 0 aliphatic carbocycles. The normalized spacial score (nSPS) is 18.3. The van der Waals surface area contributed by atoms with E-state index in [2.05, 4.69) is 10.6 Å². The molecule has 1 aliphatic rings. The van der Waals surface area contributed by atoms with Crippen LogP contribution in [0.3, 0.4) is 0 Å². The van der Waals surface area contributed by atoms with Gasteiger partial charge in [-0.15, -0.1) is 0 Å². The Morgan fingerprint density at radius 1 is 1.09 bits per heavy atom. The number of benzene rings is 2. The van der Waals surface area contributed by atoms with Gasteiger partial charge in [0.15, 0.2) is 6.61 Å². The first-order chi connectivity index (χ1) is 15.4. The molecule has 1 saturated heterocycles. The summed E-state index contributed by atoms with van der Waals surface area (Å²) in [5.74, 6) is -0.551. The lowest BCUT2D eigenvalue weighted by atomic mass is 10.1. The summed E-state index contributed by atoms with van der Waals surface area (Å²) < 4.78 is 5.18. The predicted molar refractivity (Wildman–Crippen MR) is 118 cm³/mol. The van der Waals surface area contributed by atoms with Gasteiger partial charge in [-0.1, -0.05) is 30.3 Å². The maximum Gasteiger partial charge on any atom is 0.317 e. The molecular formula is C23H28N4O5. The minimum atomic E-state index is -0.760. The number of nitrogens with one attached hydrogen (secondary N) is 2. The Kier molecular flexibility index (Phi) is 8.04. The quantitative estimate of drug-likeness (QED) is 0.510. The van der Waals surface area contributed by atoms with Crippen molar-refractivity contribution in [2.24, 2.45) is 5.73 Å². The Balaban J connectivity index is 1.57. The zero-order chi connectivity index (χ0) is 22.9. The van der Waals surface area contributed by atoms with E-state index in [-0.39, 0.29) is 25.1 Å². The highest BCUT2D eigenvalue weighted by Gasteiger charge is 2.29. The molecule has 2 aromatic carbocycles. The third kappa shape index (κ3) is 6.71. The number of carbonyl (C=O) groups excluding carboxylic acids is 3. The van der Waals surface area contributed by atoms with Crippen molar-refractivity contribution < 1.29 is 24.2 Å². The van der Waals surface area contributed by atoms with Gasteiger partial charge in [-0.2, -0.15) is 0 Å². The molecular weight excluding hydrogens is 412 g/mol. The minimum Gasteiger partial charge on any atom is -0.484 e. The van der Waals surface area contributed by atoms with E-state index in [1.165, 1.54) is 0 Å². The number of aliphatic hydroxyl groups excluding tert-OH is 1. The summed E-state index contributed by atoms with van der Waals surface area (Å²) in [5, 5.41) is 16.2. The Labute approximate surface area is 186 Å². The Hall–Kier alpha value is -3.59. The number of aliphatic hydroxyl groups is 1. The number of hydrogen-bond acceptors (Lipinski definition) is 5. The van der Waals surface area contributed by atoms with Crippen molar-refractivity contribution in [1.29, 1.82) is 0 Å². The number of likely N-dealkylation sites (tertiary alicyclic amines) is 1. The molecule has 0 spiro atoms. The molecule has 1 heterocycles. The van der Waals surface area contributed by atoms with Gasteiger partial charge in [0.05, 0.1) is 12.1 Å². The highest BCUT2D eigenvalue weighted by atomic mass is 16.5. The predicted octanol–water partition coefficient (Wildman–Crippen LogP) is 1.02. The number of ether oxygens (including phenoxy) is 1. The molecule has 32 heavy (non-hydrogen) atoms. The van der Waals surface area contributed by atoms with Gasteiger partial charge in [0, 0.05) is 25.2 Å². The van der Waals surface area contributed by atoms with E-state index < -0.39 is 18.1 Å². The molecule has 0 bridgehead atoms. The third-order valence-corrected chi connectivity index (χ3v) is 5.20. The summed E-state index contributed by atoms with van der Waals surface area (Å²) in [6.45, 7) is 0.852. The van der Waals surface area contributed by atoms with Gasteiger partial charge in [-0.05, 0) is 42.7 Å². The zero-order valence-corrected chi connectivity index (χ0v) is 17.7. The molecule has 2 aromatic rings. The molecule has 0 saturated carbocycles. The fourth-order valence-electron chi connectivity index (χ4n) is 3.46. The van der Waals surface area contributed by atoms with Crippen molar-refractivity contribution in [3.05, 3.63) is 65.7 Å². The number of nitrogens with zero attached hydrogens (tertiary/aromatic N) is 1. The summed E-state index contributed by atoms with van der Waals surface area (Å²) in [7, 11) is 0. The number of primary amides is 1. The highest BCUT2D eigenvalue weighted by molar-refractivity contribution is 5.94. The smallest absolute Gasteiger partial charge is 0.317 e. The lowest BCUT2D eigenvalue weighted by Gasteiger charge is -2.27. The fraction of sp³-hybridized carbons (Fsp3) is 0.348. The lowest BCUT2D eigenvalue weighted by Crippen LogP contribution is -2.51. The molecule has 4 amide bonds. The zero-order valence-electron chi connectivity index (χ0n) is 17.7. The number of hydrogen-bond donors (Lipinski definition) is 4. The third-order valence-electron chi connectivity index (χ3n) is 5.20. The summed E-state index contributed by atoms with van der Waals surface area (Å²) >= 11 is 0. The van der Waals surface area contributed by atoms with E-state index in [1.807, 2.05) is 30.3 Å². The summed E-state index contributed by atoms with van der Waals surface area (Å²) in [6, 6.07) is 15.0. The largest absolute Gasteiger partial charge is 0.484 e. The maximum absolute atomic E-state index is 12.7. The maximum atomic E-state index is 12.7. The van der Waals surface area contributed by atoms with Crippen LogP contribution < -0.4 is 21.1 Å². The number of urea groups is 1. The minimum absolute atomic E-state index is 0.202. The summed E-state index contributed by atoms with van der Waals surface area (Å²) in [6.07, 6.45) is 0.356. The van der Waals surface area contributed by atoms with E-state index in [1.54, 1.807) is 29.2 Å². The Bertz CT molecular complexity index is 920. The first-order valence-electron chi connectivity index (χ1n) is 10.5. The van der Waals surface area contributed by atoms with Gasteiger partial charge in [0.2, 0.25) is 0 Å². The van der Waals surface area contributed by atoms with Gasteiger partial charge in [-0.25, -0.2) is 4.79 Å². The standard InChI is InChI=1S/C23H28N4O5/c24-21(29)15-32-18-10-8-17(9-11-18)22(30)26-19-14-27(12-4-7-20(19)28)23(31)25-13-16-5-2-1-3-6-16/h1-3,5-6,8-11,19-20,28H,4,7,12-15H2,(H2,24,29)(H,25,31)(H,26,30)/t19-,20-/m1/s1. The molecule has 2 atom stereocenters. The number of carbonyl (C=O) groups is 3. The monoisotopic (exact) mass is 440 g/mol. The molecule has 0 aromatic heterocycles. The van der Waals surface area contributed by atoms with Crippen LogP contribution in [-0.4, -0.2) is 59.7 Å². The van der Waals surface area contributed by atoms with E-state index in [9.17, 15) is 19.5 Å². The van der Waals surface area contributed by atoms with Gasteiger partial charge in [-0.3, -0.25) is 9.59 Å². The lowest BCUT2D eigenvalue weighted by molar-refractivity contribution is -0.119. The van der Waals surface area contributed by atoms with Crippen LogP contribution in [0.2, 0.25) is 0 Å². The first-order valence-corrected chi connectivity index (χ1v) is 10.5. The van der Waals surface area contributed by atoms with Gasteiger partial charge >= 0.3 is 6.03 Å². The molecule has 0 radical (unpaired) electrons. The SMILES string of the molecule is NC(=O)COc1ccc(C(=O)N[C@@H]2CN(C(=O)NCc3ccccc3)CCC[C@H]2O)cc1. The molecule has 1 aliphatic heterocycles. The second-order valence-electron chi connectivity index (χ2n) is 7.66. The van der Waals surface area contributed by atoms with E-state index in [0.717, 1.165) is 5.56 Å². The van der Waals surface area contributed by atoms with E-state index in [4.69, 9.17) is 10.5 Å². The van der Waals surface area contributed by atoms with Crippen molar-refractivity contribution in [1.82, 2.24) is 15.5 Å². The second-order valence-corrected chi connectivity index (χ2v) is 7.66. The van der Waals surface area contributed by atoms with Crippen LogP contribution in [0.25, 0.3) is 0 Å². The average molecular weight is 441 g/mol. The molecule has 0 unspecified atom stereocenters. The van der Waals surface area contributed by atoms with Crippen LogP contribution in [0.4, 0.5) is 4.79 Å². The Morgan fingerprint density at radius 2 is 1.81 bits per heavy atom. The molecule has 170 valence electrons. The molecule has 1 fully saturated rings. The summed E-state index contributed by atoms with van der Waals surface area (Å²) in [5.41, 5.74) is 6.40. The fourth-order valence-corrected chi connectivity index (χ4v) is 3.46. The van der Waals surface area contributed by atoms with Crippen LogP contribution in [0.15, 0.2) is 54.6 Å². The van der Waals surface area contributed by atoms with E-state index in [0.29, 0.717) is 37.2 Å². The van der Waals surface area contributed by atoms with Crippen LogP contribution in [0, 0.1) is 0 Å². The second kappa shape index (κ2) is 11.1. The topological polar surface area (TPSA) is 134 Å². The highest BCUT2D eigenvalue weighted by Crippen LogP contribution is 2.15. The molecule has 3 rings (SSSR count). The van der Waals surface area contributed by atoms with Gasteiger partial charge in [0.1, 0.15) is 5.75 Å². The van der Waals surface area contributed by atoms with E-state index >= 15 is 0 Å². The number of nitrogens with two attached hydrogens (primary N) is 1. The molecule has 5 N–H and O–H groups in total. The van der Waals surface area contributed by atoms with Crippen LogP contribution in [0.5, 0.6) is 5.75 Å². The number of rotatable bonds is 7. The van der Waals surface area contributed by atoms with Crippen molar-refractivity contribution >= 4 is 17.8 Å². The van der Waals surface area contributed by atoms with Crippen molar-refractivity contribution in [3.8, 4) is 5.75 Å².